The molecule has 1 atom stereocenters. The van der Waals surface area contributed by atoms with Gasteiger partial charge in [0.25, 0.3) is 0 Å². The lowest BCUT2D eigenvalue weighted by Gasteiger charge is -2.17. The fourth-order valence-electron chi connectivity index (χ4n) is 2.37. The number of ether oxygens (including phenoxy) is 1. The second-order valence-electron chi connectivity index (χ2n) is 4.94. The molecule has 94 valence electrons. The number of likely N-dealkylation sites (tertiary alicyclic amines) is 1. The van der Waals surface area contributed by atoms with Crippen molar-refractivity contribution in [3.63, 3.8) is 0 Å². The second kappa shape index (κ2) is 6.03. The lowest BCUT2D eigenvalue weighted by atomic mass is 10.2. The van der Waals surface area contributed by atoms with Crippen molar-refractivity contribution < 1.29 is 14.7 Å². The maximum atomic E-state index is 9.89. The molecule has 1 heterocycles. The molecule has 1 aromatic rings. The van der Waals surface area contributed by atoms with Crippen molar-refractivity contribution in [2.24, 2.45) is 0 Å². The van der Waals surface area contributed by atoms with Crippen molar-refractivity contribution in [1.82, 2.24) is 0 Å². The van der Waals surface area contributed by atoms with Gasteiger partial charge in [0.1, 0.15) is 25.0 Å². The Labute approximate surface area is 103 Å². The normalized spacial score (nSPS) is 18.2. The number of benzene rings is 1. The SMILES string of the molecule is Cc1cccc(OC[C@H](O)C[NH+]2CCCC2)c1. The first-order valence-electron chi connectivity index (χ1n) is 6.45. The van der Waals surface area contributed by atoms with Crippen LogP contribution < -0.4 is 9.64 Å². The molecule has 0 spiro atoms. The molecule has 0 unspecified atom stereocenters. The lowest BCUT2D eigenvalue weighted by Crippen LogP contribution is -3.11. The van der Waals surface area contributed by atoms with Gasteiger partial charge in [0.2, 0.25) is 0 Å². The van der Waals surface area contributed by atoms with E-state index in [1.165, 1.54) is 36.4 Å². The zero-order valence-electron chi connectivity index (χ0n) is 10.5. The van der Waals surface area contributed by atoms with E-state index in [4.69, 9.17) is 4.74 Å². The average molecular weight is 236 g/mol. The summed E-state index contributed by atoms with van der Waals surface area (Å²) >= 11 is 0. The van der Waals surface area contributed by atoms with Crippen LogP contribution in [0.15, 0.2) is 24.3 Å². The Morgan fingerprint density at radius 3 is 2.82 bits per heavy atom. The minimum Gasteiger partial charge on any atom is -0.491 e. The number of aliphatic hydroxyl groups is 1. The Kier molecular flexibility index (Phi) is 4.40. The van der Waals surface area contributed by atoms with Crippen LogP contribution in [-0.4, -0.2) is 37.5 Å². The molecule has 1 saturated heterocycles. The highest BCUT2D eigenvalue weighted by molar-refractivity contribution is 5.27. The highest BCUT2D eigenvalue weighted by Crippen LogP contribution is 2.12. The number of hydrogen-bond acceptors (Lipinski definition) is 2. The molecule has 2 N–H and O–H groups in total. The molecule has 3 nitrogen and oxygen atoms in total. The topological polar surface area (TPSA) is 33.9 Å². The van der Waals surface area contributed by atoms with Gasteiger partial charge < -0.3 is 14.7 Å². The third kappa shape index (κ3) is 4.02. The van der Waals surface area contributed by atoms with E-state index < -0.39 is 0 Å². The molecular weight excluding hydrogens is 214 g/mol. The summed E-state index contributed by atoms with van der Waals surface area (Å²) < 4.78 is 5.60. The van der Waals surface area contributed by atoms with Crippen LogP contribution in [0.5, 0.6) is 5.75 Å². The van der Waals surface area contributed by atoms with E-state index in [9.17, 15) is 5.11 Å². The molecule has 0 saturated carbocycles. The number of aliphatic hydroxyl groups excluding tert-OH is 1. The van der Waals surface area contributed by atoms with Crippen LogP contribution in [0.25, 0.3) is 0 Å². The molecule has 0 radical (unpaired) electrons. The summed E-state index contributed by atoms with van der Waals surface area (Å²) in [7, 11) is 0. The van der Waals surface area contributed by atoms with Gasteiger partial charge in [0.05, 0.1) is 13.1 Å². The van der Waals surface area contributed by atoms with E-state index in [2.05, 4.69) is 0 Å². The monoisotopic (exact) mass is 236 g/mol. The van der Waals surface area contributed by atoms with Crippen LogP contribution in [0.4, 0.5) is 0 Å². The molecule has 2 rings (SSSR count). The first kappa shape index (κ1) is 12.4. The molecule has 0 aliphatic carbocycles. The van der Waals surface area contributed by atoms with Gasteiger partial charge in [0.15, 0.2) is 0 Å². The van der Waals surface area contributed by atoms with Crippen LogP contribution >= 0.6 is 0 Å². The minimum atomic E-state index is -0.358. The molecule has 0 bridgehead atoms. The Bertz CT molecular complexity index is 348. The Hall–Kier alpha value is -1.06. The molecule has 1 fully saturated rings. The fraction of sp³-hybridized carbons (Fsp3) is 0.571. The first-order valence-corrected chi connectivity index (χ1v) is 6.45. The molecule has 1 aliphatic heterocycles. The third-order valence-electron chi connectivity index (χ3n) is 3.27. The predicted octanol–water partition coefficient (Wildman–Crippen LogP) is 0.413. The highest BCUT2D eigenvalue weighted by Gasteiger charge is 2.19. The Morgan fingerprint density at radius 1 is 1.35 bits per heavy atom. The number of rotatable bonds is 5. The van der Waals surface area contributed by atoms with Crippen LogP contribution in [0, 0.1) is 6.92 Å². The van der Waals surface area contributed by atoms with Gasteiger partial charge in [-0.1, -0.05) is 12.1 Å². The summed E-state index contributed by atoms with van der Waals surface area (Å²) in [6.07, 6.45) is 2.23. The largest absolute Gasteiger partial charge is 0.491 e. The maximum Gasteiger partial charge on any atom is 0.137 e. The molecule has 1 aromatic carbocycles. The fourth-order valence-corrected chi connectivity index (χ4v) is 2.37. The van der Waals surface area contributed by atoms with Gasteiger partial charge in [-0.2, -0.15) is 0 Å². The minimum absolute atomic E-state index is 0.358. The van der Waals surface area contributed by atoms with Gasteiger partial charge in [-0.25, -0.2) is 0 Å². The Morgan fingerprint density at radius 2 is 2.12 bits per heavy atom. The van der Waals surface area contributed by atoms with Crippen molar-refractivity contribution in [3.05, 3.63) is 29.8 Å². The number of nitrogens with one attached hydrogen (secondary N) is 1. The van der Waals surface area contributed by atoms with E-state index in [1.54, 1.807) is 0 Å². The molecular formula is C14H22NO2+. The zero-order valence-corrected chi connectivity index (χ0v) is 10.5. The summed E-state index contributed by atoms with van der Waals surface area (Å²) in [6.45, 7) is 5.64. The standard InChI is InChI=1S/C14H21NO2/c1-12-5-4-6-14(9-12)17-11-13(16)10-15-7-2-3-8-15/h4-6,9,13,16H,2-3,7-8,10-11H2,1H3/p+1/t13-/m1/s1. The molecule has 1 aliphatic rings. The molecule has 3 heteroatoms. The van der Waals surface area contributed by atoms with Crippen molar-refractivity contribution in [2.75, 3.05) is 26.2 Å². The molecule has 17 heavy (non-hydrogen) atoms. The van der Waals surface area contributed by atoms with Gasteiger partial charge in [-0.05, 0) is 24.6 Å². The van der Waals surface area contributed by atoms with Crippen LogP contribution in [0.3, 0.4) is 0 Å². The van der Waals surface area contributed by atoms with Crippen LogP contribution in [0.1, 0.15) is 18.4 Å². The zero-order chi connectivity index (χ0) is 12.1. The van der Waals surface area contributed by atoms with E-state index in [-0.39, 0.29) is 6.10 Å². The van der Waals surface area contributed by atoms with Gasteiger partial charge >= 0.3 is 0 Å². The third-order valence-corrected chi connectivity index (χ3v) is 3.27. The maximum absolute atomic E-state index is 9.89. The number of hydrogen-bond donors (Lipinski definition) is 2. The first-order chi connectivity index (χ1) is 8.24. The smallest absolute Gasteiger partial charge is 0.137 e. The van der Waals surface area contributed by atoms with Crippen molar-refractivity contribution in [1.29, 1.82) is 0 Å². The van der Waals surface area contributed by atoms with Crippen LogP contribution in [0.2, 0.25) is 0 Å². The van der Waals surface area contributed by atoms with Crippen LogP contribution in [-0.2, 0) is 0 Å². The Balaban J connectivity index is 1.73. The highest BCUT2D eigenvalue weighted by atomic mass is 16.5. The quantitative estimate of drug-likeness (QED) is 0.776. The summed E-state index contributed by atoms with van der Waals surface area (Å²) in [5.41, 5.74) is 1.18. The molecule has 0 amide bonds. The van der Waals surface area contributed by atoms with E-state index in [0.29, 0.717) is 6.61 Å². The van der Waals surface area contributed by atoms with Crippen molar-refractivity contribution in [2.45, 2.75) is 25.9 Å². The van der Waals surface area contributed by atoms with E-state index in [0.717, 1.165) is 12.3 Å². The number of quaternary nitrogens is 1. The predicted molar refractivity (Wildman–Crippen MR) is 67.5 cm³/mol. The average Bonchev–Trinajstić information content (AvgIpc) is 2.79. The summed E-state index contributed by atoms with van der Waals surface area (Å²) in [5, 5.41) is 9.89. The summed E-state index contributed by atoms with van der Waals surface area (Å²) in [5.74, 6) is 0.848. The van der Waals surface area contributed by atoms with E-state index in [1.807, 2.05) is 31.2 Å². The van der Waals surface area contributed by atoms with Crippen molar-refractivity contribution in [3.8, 4) is 5.75 Å². The second-order valence-corrected chi connectivity index (χ2v) is 4.94. The van der Waals surface area contributed by atoms with Gasteiger partial charge in [0, 0.05) is 12.8 Å². The summed E-state index contributed by atoms with van der Waals surface area (Å²) in [4.78, 5) is 1.50. The van der Waals surface area contributed by atoms with Gasteiger partial charge in [-0.15, -0.1) is 0 Å². The lowest BCUT2D eigenvalue weighted by molar-refractivity contribution is -0.890. The van der Waals surface area contributed by atoms with Gasteiger partial charge in [-0.3, -0.25) is 0 Å². The molecule has 0 aromatic heterocycles. The summed E-state index contributed by atoms with van der Waals surface area (Å²) in [6, 6.07) is 7.94. The van der Waals surface area contributed by atoms with Crippen molar-refractivity contribution >= 4 is 0 Å². The van der Waals surface area contributed by atoms with E-state index >= 15 is 0 Å². The number of aryl methyl sites for hydroxylation is 1.